The molecule has 0 radical (unpaired) electrons. The molecular formula is C11H18INO. The molecule has 1 heterocycles. The second kappa shape index (κ2) is 4.66. The predicted molar refractivity (Wildman–Crippen MR) is 67.2 cm³/mol. The van der Waals surface area contributed by atoms with Crippen LogP contribution in [-0.4, -0.2) is 6.04 Å². The van der Waals surface area contributed by atoms with Gasteiger partial charge in [0, 0.05) is 6.04 Å². The Hall–Kier alpha value is -0.0300. The first-order valence-corrected chi connectivity index (χ1v) is 5.95. The Morgan fingerprint density at radius 1 is 1.43 bits per heavy atom. The zero-order valence-electron chi connectivity index (χ0n) is 9.23. The van der Waals surface area contributed by atoms with E-state index < -0.39 is 0 Å². The zero-order chi connectivity index (χ0) is 10.8. The summed E-state index contributed by atoms with van der Waals surface area (Å²) in [6.45, 7) is 9.71. The maximum absolute atomic E-state index is 5.47. The average Bonchev–Trinajstić information content (AvgIpc) is 2.45. The van der Waals surface area contributed by atoms with Crippen LogP contribution in [0.15, 0.2) is 16.5 Å². The van der Waals surface area contributed by atoms with Crippen molar-refractivity contribution < 1.29 is 4.42 Å². The minimum absolute atomic E-state index is 0.291. The van der Waals surface area contributed by atoms with E-state index in [1.54, 1.807) is 0 Å². The number of furan rings is 1. The fraction of sp³-hybridized carbons (Fsp3) is 0.636. The van der Waals surface area contributed by atoms with Gasteiger partial charge < -0.3 is 9.73 Å². The van der Waals surface area contributed by atoms with Crippen molar-refractivity contribution in [1.29, 1.82) is 0 Å². The summed E-state index contributed by atoms with van der Waals surface area (Å²) in [5.74, 6) is 1.01. The van der Waals surface area contributed by atoms with E-state index in [1.807, 2.05) is 12.1 Å². The zero-order valence-corrected chi connectivity index (χ0v) is 11.4. The van der Waals surface area contributed by atoms with Gasteiger partial charge in [-0.3, -0.25) is 0 Å². The van der Waals surface area contributed by atoms with Crippen LogP contribution in [0.3, 0.4) is 0 Å². The van der Waals surface area contributed by atoms with Crippen molar-refractivity contribution in [2.45, 2.75) is 40.3 Å². The van der Waals surface area contributed by atoms with Gasteiger partial charge in [0.2, 0.25) is 0 Å². The molecule has 0 saturated carbocycles. The van der Waals surface area contributed by atoms with Gasteiger partial charge in [0.15, 0.2) is 3.77 Å². The van der Waals surface area contributed by atoms with Gasteiger partial charge in [0.1, 0.15) is 5.76 Å². The molecule has 0 aromatic carbocycles. The Kier molecular flexibility index (Phi) is 4.01. The molecule has 0 amide bonds. The van der Waals surface area contributed by atoms with E-state index in [2.05, 4.69) is 55.6 Å². The van der Waals surface area contributed by atoms with E-state index in [4.69, 9.17) is 4.42 Å². The van der Waals surface area contributed by atoms with Gasteiger partial charge in [-0.25, -0.2) is 0 Å². The number of hydrogen-bond acceptors (Lipinski definition) is 2. The summed E-state index contributed by atoms with van der Waals surface area (Å²) in [4.78, 5) is 0. The van der Waals surface area contributed by atoms with Crippen LogP contribution in [0, 0.1) is 9.18 Å². The molecule has 0 spiro atoms. The van der Waals surface area contributed by atoms with Gasteiger partial charge in [0.25, 0.3) is 0 Å². The monoisotopic (exact) mass is 307 g/mol. The van der Waals surface area contributed by atoms with E-state index in [0.29, 0.717) is 11.5 Å². The van der Waals surface area contributed by atoms with Crippen molar-refractivity contribution >= 4 is 22.6 Å². The molecule has 1 aromatic rings. The lowest BCUT2D eigenvalue weighted by Crippen LogP contribution is -2.37. The van der Waals surface area contributed by atoms with E-state index in [1.165, 1.54) is 0 Å². The molecule has 0 aliphatic heterocycles. The minimum Gasteiger partial charge on any atom is -0.454 e. The molecule has 0 saturated heterocycles. The highest BCUT2D eigenvalue weighted by Crippen LogP contribution is 2.19. The second-order valence-electron chi connectivity index (χ2n) is 4.67. The number of halogens is 1. The molecule has 14 heavy (non-hydrogen) atoms. The van der Waals surface area contributed by atoms with E-state index in [9.17, 15) is 0 Å². The molecular weight excluding hydrogens is 289 g/mol. The molecule has 0 fully saturated rings. The molecule has 0 aliphatic carbocycles. The number of rotatable bonds is 3. The second-order valence-corrected chi connectivity index (χ2v) is 5.74. The van der Waals surface area contributed by atoms with Gasteiger partial charge >= 0.3 is 0 Å². The minimum atomic E-state index is 0.291. The third kappa shape index (κ3) is 3.61. The number of hydrogen-bond donors (Lipinski definition) is 1. The Labute approximate surface area is 99.6 Å². The SMILES string of the molecule is CC(NCc1ccc(I)o1)C(C)(C)C. The van der Waals surface area contributed by atoms with Crippen LogP contribution >= 0.6 is 22.6 Å². The fourth-order valence-electron chi connectivity index (χ4n) is 1.01. The third-order valence-corrected chi connectivity index (χ3v) is 3.09. The van der Waals surface area contributed by atoms with E-state index in [-0.39, 0.29) is 0 Å². The lowest BCUT2D eigenvalue weighted by atomic mass is 9.88. The van der Waals surface area contributed by atoms with Crippen molar-refractivity contribution in [3.63, 3.8) is 0 Å². The molecule has 1 unspecified atom stereocenters. The summed E-state index contributed by atoms with van der Waals surface area (Å²) in [5.41, 5.74) is 0.291. The van der Waals surface area contributed by atoms with E-state index >= 15 is 0 Å². The van der Waals surface area contributed by atoms with Gasteiger partial charge in [-0.1, -0.05) is 20.8 Å². The summed E-state index contributed by atoms with van der Waals surface area (Å²) in [7, 11) is 0. The van der Waals surface area contributed by atoms with Crippen molar-refractivity contribution in [1.82, 2.24) is 5.32 Å². The van der Waals surface area contributed by atoms with Crippen LogP contribution in [0.25, 0.3) is 0 Å². The summed E-state index contributed by atoms with van der Waals surface area (Å²) in [6.07, 6.45) is 0. The van der Waals surface area contributed by atoms with Gasteiger partial charge in [-0.15, -0.1) is 0 Å². The Bertz CT molecular complexity index is 288. The van der Waals surface area contributed by atoms with Crippen LogP contribution in [-0.2, 0) is 6.54 Å². The first kappa shape index (κ1) is 12.0. The molecule has 0 aliphatic rings. The summed E-state index contributed by atoms with van der Waals surface area (Å²) in [5, 5.41) is 3.46. The van der Waals surface area contributed by atoms with Crippen LogP contribution in [0.4, 0.5) is 0 Å². The Morgan fingerprint density at radius 2 is 2.07 bits per heavy atom. The van der Waals surface area contributed by atoms with Gasteiger partial charge in [-0.05, 0) is 47.1 Å². The molecule has 1 N–H and O–H groups in total. The first-order chi connectivity index (χ1) is 6.39. The lowest BCUT2D eigenvalue weighted by molar-refractivity contribution is 0.277. The molecule has 1 aromatic heterocycles. The molecule has 2 nitrogen and oxygen atoms in total. The van der Waals surface area contributed by atoms with Crippen LogP contribution < -0.4 is 5.32 Å². The largest absolute Gasteiger partial charge is 0.454 e. The standard InChI is InChI=1S/C11H18INO/c1-8(11(2,3)4)13-7-9-5-6-10(12)14-9/h5-6,8,13H,7H2,1-4H3. The van der Waals surface area contributed by atoms with Gasteiger partial charge in [0.05, 0.1) is 6.54 Å². The van der Waals surface area contributed by atoms with Crippen LogP contribution in [0.2, 0.25) is 0 Å². The van der Waals surface area contributed by atoms with Crippen molar-refractivity contribution in [3.8, 4) is 0 Å². The van der Waals surface area contributed by atoms with E-state index in [0.717, 1.165) is 16.1 Å². The molecule has 0 bridgehead atoms. The van der Waals surface area contributed by atoms with Crippen molar-refractivity contribution in [2.24, 2.45) is 5.41 Å². The fourth-order valence-corrected chi connectivity index (χ4v) is 1.47. The summed E-state index contributed by atoms with van der Waals surface area (Å²) < 4.78 is 6.42. The third-order valence-electron chi connectivity index (χ3n) is 2.51. The maximum Gasteiger partial charge on any atom is 0.164 e. The van der Waals surface area contributed by atoms with Crippen molar-refractivity contribution in [3.05, 3.63) is 21.7 Å². The molecule has 3 heteroatoms. The summed E-state index contributed by atoms with van der Waals surface area (Å²) in [6, 6.07) is 4.48. The first-order valence-electron chi connectivity index (χ1n) is 4.87. The quantitative estimate of drug-likeness (QED) is 0.866. The Balaban J connectivity index is 2.41. The normalized spacial score (nSPS) is 14.4. The van der Waals surface area contributed by atoms with Gasteiger partial charge in [-0.2, -0.15) is 0 Å². The topological polar surface area (TPSA) is 25.2 Å². The maximum atomic E-state index is 5.47. The molecule has 1 rings (SSSR count). The highest BCUT2D eigenvalue weighted by Gasteiger charge is 2.19. The molecule has 80 valence electrons. The average molecular weight is 307 g/mol. The predicted octanol–water partition coefficient (Wildman–Crippen LogP) is 3.41. The number of nitrogens with one attached hydrogen (secondary N) is 1. The summed E-state index contributed by atoms with van der Waals surface area (Å²) >= 11 is 2.18. The molecule has 1 atom stereocenters. The Morgan fingerprint density at radius 3 is 2.50 bits per heavy atom. The lowest BCUT2D eigenvalue weighted by Gasteiger charge is -2.27. The van der Waals surface area contributed by atoms with Crippen LogP contribution in [0.5, 0.6) is 0 Å². The highest BCUT2D eigenvalue weighted by molar-refractivity contribution is 14.1. The van der Waals surface area contributed by atoms with Crippen molar-refractivity contribution in [2.75, 3.05) is 0 Å². The van der Waals surface area contributed by atoms with Crippen LogP contribution in [0.1, 0.15) is 33.5 Å². The highest BCUT2D eigenvalue weighted by atomic mass is 127. The smallest absolute Gasteiger partial charge is 0.164 e.